The molecule has 1 atom stereocenters. The molecule has 1 aliphatic heterocycles. The van der Waals surface area contributed by atoms with E-state index in [1.165, 1.54) is 31.2 Å². The molecule has 1 saturated heterocycles. The van der Waals surface area contributed by atoms with Gasteiger partial charge < -0.3 is 10.2 Å². The summed E-state index contributed by atoms with van der Waals surface area (Å²) in [5.41, 5.74) is 1.23. The predicted molar refractivity (Wildman–Crippen MR) is 83.9 cm³/mol. The highest BCUT2D eigenvalue weighted by molar-refractivity contribution is 5.80. The molecular weight excluding hydrogens is 265 g/mol. The Morgan fingerprint density at radius 2 is 2.05 bits per heavy atom. The summed E-state index contributed by atoms with van der Waals surface area (Å²) in [4.78, 5) is 6.79. The maximum absolute atomic E-state index is 12.9. The molecule has 0 spiro atoms. The van der Waals surface area contributed by atoms with E-state index in [4.69, 9.17) is 0 Å². The first-order valence-corrected chi connectivity index (χ1v) is 7.97. The molecule has 4 heteroatoms. The van der Waals surface area contributed by atoms with Crippen LogP contribution >= 0.6 is 0 Å². The van der Waals surface area contributed by atoms with E-state index < -0.39 is 0 Å². The van der Waals surface area contributed by atoms with Gasteiger partial charge in [0.25, 0.3) is 0 Å². The second-order valence-corrected chi connectivity index (χ2v) is 6.25. The molecule has 2 aliphatic rings. The van der Waals surface area contributed by atoms with Gasteiger partial charge in [-0.2, -0.15) is 0 Å². The number of hydrogen-bond acceptors (Lipinski definition) is 1. The highest BCUT2D eigenvalue weighted by atomic mass is 19.1. The van der Waals surface area contributed by atoms with Crippen LogP contribution in [0.4, 0.5) is 4.39 Å². The van der Waals surface area contributed by atoms with E-state index in [0.29, 0.717) is 12.0 Å². The average molecular weight is 289 g/mol. The highest BCUT2D eigenvalue weighted by Gasteiger charge is 2.27. The fourth-order valence-corrected chi connectivity index (χ4v) is 3.18. The summed E-state index contributed by atoms with van der Waals surface area (Å²) in [5, 5.41) is 3.56. The summed E-state index contributed by atoms with van der Waals surface area (Å²) in [6.45, 7) is 2.11. The van der Waals surface area contributed by atoms with E-state index in [1.807, 2.05) is 19.2 Å². The van der Waals surface area contributed by atoms with Crippen LogP contribution in [0.1, 0.15) is 31.2 Å². The molecular formula is C17H24FN3. The first-order valence-electron chi connectivity index (χ1n) is 7.97. The van der Waals surface area contributed by atoms with E-state index in [1.54, 1.807) is 12.1 Å². The Hall–Kier alpha value is -1.58. The highest BCUT2D eigenvalue weighted by Crippen LogP contribution is 2.23. The Bertz CT molecular complexity index is 493. The van der Waals surface area contributed by atoms with Gasteiger partial charge in [0, 0.05) is 26.2 Å². The second kappa shape index (κ2) is 6.46. The Kier molecular flexibility index (Phi) is 4.42. The molecule has 1 aromatic rings. The molecule has 0 bridgehead atoms. The molecule has 0 amide bonds. The summed E-state index contributed by atoms with van der Waals surface area (Å²) in [6, 6.07) is 7.54. The van der Waals surface area contributed by atoms with Crippen molar-refractivity contribution in [2.24, 2.45) is 10.9 Å². The first-order chi connectivity index (χ1) is 10.2. The van der Waals surface area contributed by atoms with Crippen LogP contribution in [0.5, 0.6) is 0 Å². The molecule has 1 saturated carbocycles. The lowest BCUT2D eigenvalue weighted by molar-refractivity contribution is 0.359. The van der Waals surface area contributed by atoms with Gasteiger partial charge in [-0.25, -0.2) is 4.39 Å². The number of benzene rings is 1. The Morgan fingerprint density at radius 3 is 2.67 bits per heavy atom. The summed E-state index contributed by atoms with van der Waals surface area (Å²) in [6.07, 6.45) is 6.08. The zero-order valence-corrected chi connectivity index (χ0v) is 12.7. The fraction of sp³-hybridized carbons (Fsp3) is 0.588. The van der Waals surface area contributed by atoms with Crippen molar-refractivity contribution in [3.05, 3.63) is 35.6 Å². The number of nitrogens with zero attached hydrogens (tertiary/aromatic N) is 2. The van der Waals surface area contributed by atoms with Crippen molar-refractivity contribution in [3.63, 3.8) is 0 Å². The Morgan fingerprint density at radius 1 is 1.29 bits per heavy atom. The maximum Gasteiger partial charge on any atom is 0.193 e. The summed E-state index contributed by atoms with van der Waals surface area (Å²) in [5.74, 6) is 1.54. The molecule has 2 fully saturated rings. The molecule has 3 rings (SSSR count). The number of guanidine groups is 1. The molecule has 0 radical (unpaired) electrons. The van der Waals surface area contributed by atoms with Crippen LogP contribution in [0.15, 0.2) is 29.3 Å². The Labute approximate surface area is 126 Å². The minimum absolute atomic E-state index is 0.156. The third-order valence-corrected chi connectivity index (χ3v) is 4.67. The third kappa shape index (κ3) is 3.55. The lowest BCUT2D eigenvalue weighted by Crippen LogP contribution is -2.47. The SMILES string of the molecule is CN=C(NC1CCC1)N1CCC(Cc2ccc(F)cc2)C1. The van der Waals surface area contributed by atoms with Gasteiger partial charge in [0.2, 0.25) is 0 Å². The van der Waals surface area contributed by atoms with Crippen LogP contribution in [0.2, 0.25) is 0 Å². The number of halogens is 1. The van der Waals surface area contributed by atoms with E-state index >= 15 is 0 Å². The number of rotatable bonds is 3. The lowest BCUT2D eigenvalue weighted by atomic mass is 9.93. The summed E-state index contributed by atoms with van der Waals surface area (Å²) in [7, 11) is 1.87. The fourth-order valence-electron chi connectivity index (χ4n) is 3.18. The quantitative estimate of drug-likeness (QED) is 0.684. The van der Waals surface area contributed by atoms with E-state index in [9.17, 15) is 4.39 Å². The number of hydrogen-bond donors (Lipinski definition) is 1. The van der Waals surface area contributed by atoms with Crippen molar-refractivity contribution in [3.8, 4) is 0 Å². The van der Waals surface area contributed by atoms with Crippen molar-refractivity contribution in [1.29, 1.82) is 0 Å². The second-order valence-electron chi connectivity index (χ2n) is 6.25. The molecule has 0 aromatic heterocycles. The molecule has 1 aromatic carbocycles. The van der Waals surface area contributed by atoms with Crippen molar-refractivity contribution in [1.82, 2.24) is 10.2 Å². The largest absolute Gasteiger partial charge is 0.354 e. The molecule has 3 nitrogen and oxygen atoms in total. The number of nitrogens with one attached hydrogen (secondary N) is 1. The molecule has 21 heavy (non-hydrogen) atoms. The van der Waals surface area contributed by atoms with Gasteiger partial charge in [-0.15, -0.1) is 0 Å². The first kappa shape index (κ1) is 14.4. The molecule has 1 N–H and O–H groups in total. The third-order valence-electron chi connectivity index (χ3n) is 4.67. The van der Waals surface area contributed by atoms with Crippen molar-refractivity contribution >= 4 is 5.96 Å². The summed E-state index contributed by atoms with van der Waals surface area (Å²) >= 11 is 0. The van der Waals surface area contributed by atoms with Gasteiger partial charge in [-0.1, -0.05) is 12.1 Å². The van der Waals surface area contributed by atoms with Gasteiger partial charge in [0.15, 0.2) is 5.96 Å². The molecule has 1 aliphatic carbocycles. The van der Waals surface area contributed by atoms with E-state index in [0.717, 1.165) is 25.5 Å². The maximum atomic E-state index is 12.9. The van der Waals surface area contributed by atoms with Crippen LogP contribution in [0, 0.1) is 11.7 Å². The average Bonchev–Trinajstić information content (AvgIpc) is 2.89. The molecule has 1 heterocycles. The van der Waals surface area contributed by atoms with Crippen LogP contribution in [0.25, 0.3) is 0 Å². The number of aliphatic imine (C=N–C) groups is 1. The topological polar surface area (TPSA) is 27.6 Å². The smallest absolute Gasteiger partial charge is 0.193 e. The van der Waals surface area contributed by atoms with Gasteiger partial charge in [-0.05, 0) is 55.7 Å². The lowest BCUT2D eigenvalue weighted by Gasteiger charge is -2.31. The minimum atomic E-state index is -0.156. The van der Waals surface area contributed by atoms with Crippen LogP contribution < -0.4 is 5.32 Å². The Balaban J connectivity index is 1.53. The van der Waals surface area contributed by atoms with Gasteiger partial charge in [0.1, 0.15) is 5.82 Å². The van der Waals surface area contributed by atoms with Gasteiger partial charge in [-0.3, -0.25) is 4.99 Å². The minimum Gasteiger partial charge on any atom is -0.354 e. The predicted octanol–water partition coefficient (Wildman–Crippen LogP) is 2.82. The normalized spacial score (nSPS) is 23.2. The molecule has 1 unspecified atom stereocenters. The molecule has 114 valence electrons. The zero-order chi connectivity index (χ0) is 14.7. The van der Waals surface area contributed by atoms with Crippen molar-refractivity contribution in [2.45, 2.75) is 38.1 Å². The van der Waals surface area contributed by atoms with Crippen LogP contribution in [-0.4, -0.2) is 37.0 Å². The monoisotopic (exact) mass is 289 g/mol. The van der Waals surface area contributed by atoms with E-state index in [2.05, 4.69) is 15.2 Å². The van der Waals surface area contributed by atoms with Crippen molar-refractivity contribution < 1.29 is 4.39 Å². The van der Waals surface area contributed by atoms with Crippen LogP contribution in [0.3, 0.4) is 0 Å². The zero-order valence-electron chi connectivity index (χ0n) is 12.7. The van der Waals surface area contributed by atoms with Crippen LogP contribution in [-0.2, 0) is 6.42 Å². The van der Waals surface area contributed by atoms with Gasteiger partial charge in [0.05, 0.1) is 0 Å². The standard InChI is InChI=1S/C17H24FN3/c1-19-17(20-16-3-2-4-16)21-10-9-14(12-21)11-13-5-7-15(18)8-6-13/h5-8,14,16H,2-4,9-12H2,1H3,(H,19,20). The van der Waals surface area contributed by atoms with Crippen molar-refractivity contribution in [2.75, 3.05) is 20.1 Å². The number of likely N-dealkylation sites (tertiary alicyclic amines) is 1. The van der Waals surface area contributed by atoms with E-state index in [-0.39, 0.29) is 5.82 Å². The van der Waals surface area contributed by atoms with Gasteiger partial charge >= 0.3 is 0 Å². The summed E-state index contributed by atoms with van der Waals surface area (Å²) < 4.78 is 12.9.